The van der Waals surface area contributed by atoms with Crippen molar-refractivity contribution in [3.63, 3.8) is 0 Å². The normalized spacial score (nSPS) is 17.8. The number of allylic oxidation sites excluding steroid dienone is 6. The van der Waals surface area contributed by atoms with Crippen molar-refractivity contribution in [2.24, 2.45) is 0 Å². The lowest BCUT2D eigenvalue weighted by Gasteiger charge is -2.36. The molecule has 0 bridgehead atoms. The molecule has 0 aromatic heterocycles. The molecule has 0 radical (unpaired) electrons. The number of esters is 1. The topological polar surface area (TPSA) is 54.0 Å². The summed E-state index contributed by atoms with van der Waals surface area (Å²) in [5.74, 6) is -0.419. The summed E-state index contributed by atoms with van der Waals surface area (Å²) >= 11 is 0. The van der Waals surface area contributed by atoms with Gasteiger partial charge in [-0.05, 0) is 54.9 Å². The van der Waals surface area contributed by atoms with E-state index in [-0.39, 0.29) is 0 Å². The van der Waals surface area contributed by atoms with Gasteiger partial charge in [-0.2, -0.15) is 0 Å². The summed E-state index contributed by atoms with van der Waals surface area (Å²) in [5.41, 5.74) is -0.143. The van der Waals surface area contributed by atoms with E-state index >= 15 is 0 Å². The Kier molecular flexibility index (Phi) is 13.8. The van der Waals surface area contributed by atoms with Crippen LogP contribution in [0.25, 0.3) is 0 Å². The Bertz CT molecular complexity index is 558. The number of carbonyl (C=O) groups is 1. The Morgan fingerprint density at radius 1 is 0.893 bits per heavy atom. The molecule has 0 N–H and O–H groups in total. The van der Waals surface area contributed by atoms with Crippen LogP contribution in [0.2, 0.25) is 0 Å². The van der Waals surface area contributed by atoms with Gasteiger partial charge in [0.2, 0.25) is 0 Å². The first-order valence-electron chi connectivity index (χ1n) is 9.79. The van der Waals surface area contributed by atoms with E-state index in [1.54, 1.807) is 6.92 Å². The molecule has 160 valence electrons. The SMILES string of the molecule is C=C(C)C(=O)OC(CC)[Si](O[SiH2]C(C)=CC)(O[SiH2]C(C)=CC)O[SiH2]C(C)=CC. The minimum Gasteiger partial charge on any atom is -0.455 e. The number of carbonyl (C=O) groups excluding carboxylic acids is 1. The van der Waals surface area contributed by atoms with Crippen LogP contribution >= 0.6 is 0 Å². The summed E-state index contributed by atoms with van der Waals surface area (Å²) in [4.78, 5) is 12.3. The largest absolute Gasteiger partial charge is 0.512 e. The van der Waals surface area contributed by atoms with Crippen LogP contribution in [0, 0.1) is 0 Å². The van der Waals surface area contributed by atoms with Crippen molar-refractivity contribution in [3.8, 4) is 0 Å². The molecule has 0 heterocycles. The molecule has 0 aromatic rings. The van der Waals surface area contributed by atoms with E-state index in [1.165, 1.54) is 15.6 Å². The highest BCUT2D eigenvalue weighted by Gasteiger charge is 2.50. The molecule has 0 amide bonds. The zero-order valence-electron chi connectivity index (χ0n) is 18.9. The van der Waals surface area contributed by atoms with Crippen molar-refractivity contribution in [1.29, 1.82) is 0 Å². The van der Waals surface area contributed by atoms with Crippen molar-refractivity contribution in [3.05, 3.63) is 46.0 Å². The van der Waals surface area contributed by atoms with Crippen LogP contribution in [0.3, 0.4) is 0 Å². The lowest BCUT2D eigenvalue weighted by Crippen LogP contribution is -2.60. The molecule has 9 heteroatoms. The molecular formula is C19H38O5Si4. The van der Waals surface area contributed by atoms with Crippen molar-refractivity contribution in [1.82, 2.24) is 0 Å². The van der Waals surface area contributed by atoms with Gasteiger partial charge in [0.05, 0.1) is 0 Å². The molecule has 0 spiro atoms. The van der Waals surface area contributed by atoms with E-state index in [2.05, 4.69) is 45.6 Å². The second-order valence-corrected chi connectivity index (χ2v) is 16.5. The zero-order valence-corrected chi connectivity index (χ0v) is 24.1. The Morgan fingerprint density at radius 3 is 1.50 bits per heavy atom. The van der Waals surface area contributed by atoms with Crippen molar-refractivity contribution in [2.75, 3.05) is 0 Å². The Balaban J connectivity index is 5.96. The Morgan fingerprint density at radius 2 is 1.25 bits per heavy atom. The minimum atomic E-state index is -3.19. The lowest BCUT2D eigenvalue weighted by atomic mass is 10.4. The summed E-state index contributed by atoms with van der Waals surface area (Å²) in [7, 11) is -6.23. The molecule has 0 aromatic carbocycles. The second kappa shape index (κ2) is 14.2. The molecule has 1 unspecified atom stereocenters. The van der Waals surface area contributed by atoms with Crippen LogP contribution in [0.15, 0.2) is 46.0 Å². The minimum absolute atomic E-state index is 0.368. The summed E-state index contributed by atoms with van der Waals surface area (Å²) in [5, 5.41) is 3.66. The molecule has 0 rings (SSSR count). The van der Waals surface area contributed by atoms with Gasteiger partial charge in [-0.15, -0.1) is 0 Å². The van der Waals surface area contributed by atoms with E-state index in [0.717, 1.165) is 0 Å². The van der Waals surface area contributed by atoms with E-state index in [1.807, 2.05) is 27.7 Å². The van der Waals surface area contributed by atoms with Crippen LogP contribution in [0.1, 0.15) is 61.8 Å². The number of rotatable bonds is 13. The van der Waals surface area contributed by atoms with Gasteiger partial charge in [0.25, 0.3) is 0 Å². The quantitative estimate of drug-likeness (QED) is 0.241. The van der Waals surface area contributed by atoms with Crippen LogP contribution in [0.4, 0.5) is 0 Å². The molecule has 0 aliphatic rings. The molecule has 0 aliphatic heterocycles. The summed E-state index contributed by atoms with van der Waals surface area (Å²) < 4.78 is 25.2. The summed E-state index contributed by atoms with van der Waals surface area (Å²) in [6.45, 7) is 19.5. The third-order valence-electron chi connectivity index (χ3n) is 4.34. The van der Waals surface area contributed by atoms with Gasteiger partial charge >= 0.3 is 14.8 Å². The number of hydrogen-bond acceptors (Lipinski definition) is 5. The van der Waals surface area contributed by atoms with Crippen LogP contribution in [-0.2, 0) is 21.9 Å². The fourth-order valence-corrected chi connectivity index (χ4v) is 13.8. The Labute approximate surface area is 179 Å². The maximum Gasteiger partial charge on any atom is 0.512 e. The average Bonchev–Trinajstić information content (AvgIpc) is 2.70. The molecule has 0 fully saturated rings. The molecule has 5 nitrogen and oxygen atoms in total. The summed E-state index contributed by atoms with van der Waals surface area (Å²) in [6, 6.07) is 0. The predicted molar refractivity (Wildman–Crippen MR) is 128 cm³/mol. The maximum atomic E-state index is 12.3. The highest BCUT2D eigenvalue weighted by Crippen LogP contribution is 2.23. The van der Waals surface area contributed by atoms with E-state index in [0.29, 0.717) is 12.0 Å². The monoisotopic (exact) mass is 458 g/mol. The van der Waals surface area contributed by atoms with Gasteiger partial charge in [-0.1, -0.05) is 47.3 Å². The molecular weight excluding hydrogens is 421 g/mol. The molecule has 0 saturated carbocycles. The smallest absolute Gasteiger partial charge is 0.455 e. The fourth-order valence-electron chi connectivity index (χ4n) is 1.93. The first-order chi connectivity index (χ1) is 13.1. The van der Waals surface area contributed by atoms with Gasteiger partial charge < -0.3 is 17.1 Å². The van der Waals surface area contributed by atoms with Crippen LogP contribution in [0.5, 0.6) is 0 Å². The average molecular weight is 459 g/mol. The first-order valence-corrected chi connectivity index (χ1v) is 15.4. The lowest BCUT2D eigenvalue weighted by molar-refractivity contribution is -0.142. The van der Waals surface area contributed by atoms with Crippen molar-refractivity contribution < 1.29 is 21.9 Å². The molecule has 0 saturated heterocycles. The number of ether oxygens (including phenoxy) is 1. The van der Waals surface area contributed by atoms with Crippen LogP contribution < -0.4 is 0 Å². The van der Waals surface area contributed by atoms with Gasteiger partial charge in [0.15, 0.2) is 35.0 Å². The number of hydrogen-bond donors (Lipinski definition) is 0. The maximum absolute atomic E-state index is 12.3. The van der Waals surface area contributed by atoms with Gasteiger partial charge in [-0.3, -0.25) is 0 Å². The molecule has 28 heavy (non-hydrogen) atoms. The van der Waals surface area contributed by atoms with E-state index < -0.39 is 49.8 Å². The van der Waals surface area contributed by atoms with E-state index in [9.17, 15) is 4.79 Å². The standard InChI is InChI=1S/C19H38O5Si4/c1-10-15(7)25-22-28(23-26-16(8)11-2,24-27-17(9)12-3)18(13-4)21-19(20)14(5)6/h10-12,18H,5,13,25-27H2,1-4,6-9H3. The fraction of sp³-hybridized carbons (Fsp3) is 0.526. The zero-order chi connectivity index (χ0) is 21.7. The highest BCUT2D eigenvalue weighted by atomic mass is 28.5. The first kappa shape index (κ1) is 27.2. The third-order valence-corrected chi connectivity index (χ3v) is 14.8. The predicted octanol–water partition coefficient (Wildman–Crippen LogP) is 2.43. The van der Waals surface area contributed by atoms with Gasteiger partial charge in [0.1, 0.15) is 0 Å². The summed E-state index contributed by atoms with van der Waals surface area (Å²) in [6.07, 6.45) is 6.78. The third kappa shape index (κ3) is 9.59. The second-order valence-electron chi connectivity index (χ2n) is 6.96. The van der Waals surface area contributed by atoms with Crippen LogP contribution in [-0.4, -0.2) is 49.8 Å². The van der Waals surface area contributed by atoms with Gasteiger partial charge in [0, 0.05) is 5.57 Å². The van der Waals surface area contributed by atoms with Crippen molar-refractivity contribution >= 4 is 44.1 Å². The Hall–Kier alpha value is -0.822. The highest BCUT2D eigenvalue weighted by molar-refractivity contribution is 6.76. The molecule has 1 atom stereocenters. The van der Waals surface area contributed by atoms with Crippen molar-refractivity contribution in [2.45, 2.75) is 67.5 Å². The van der Waals surface area contributed by atoms with E-state index in [4.69, 9.17) is 17.1 Å². The molecule has 0 aliphatic carbocycles. The van der Waals surface area contributed by atoms with Gasteiger partial charge in [-0.25, -0.2) is 4.79 Å².